The SMILES string of the molecule is CC1(OCC(=O)N2CCC(C(=O)O)C2)CNC1. The van der Waals surface area contributed by atoms with Crippen LogP contribution in [-0.2, 0) is 14.3 Å². The lowest BCUT2D eigenvalue weighted by Gasteiger charge is -2.39. The molecule has 0 bridgehead atoms. The average Bonchev–Trinajstić information content (AvgIpc) is 2.72. The maximum atomic E-state index is 11.8. The average molecular weight is 242 g/mol. The molecule has 0 saturated carbocycles. The van der Waals surface area contributed by atoms with Gasteiger partial charge in [0, 0.05) is 26.2 Å². The van der Waals surface area contributed by atoms with Crippen molar-refractivity contribution >= 4 is 11.9 Å². The molecular weight excluding hydrogens is 224 g/mol. The van der Waals surface area contributed by atoms with E-state index in [0.29, 0.717) is 19.5 Å². The van der Waals surface area contributed by atoms with Crippen molar-refractivity contribution in [3.05, 3.63) is 0 Å². The Hall–Kier alpha value is -1.14. The smallest absolute Gasteiger partial charge is 0.308 e. The van der Waals surface area contributed by atoms with E-state index in [1.54, 1.807) is 4.90 Å². The second-order valence-corrected chi connectivity index (χ2v) is 5.01. The van der Waals surface area contributed by atoms with Gasteiger partial charge in [-0.3, -0.25) is 9.59 Å². The first kappa shape index (κ1) is 12.3. The van der Waals surface area contributed by atoms with Crippen LogP contribution < -0.4 is 5.32 Å². The van der Waals surface area contributed by atoms with Crippen molar-refractivity contribution in [2.45, 2.75) is 18.9 Å². The van der Waals surface area contributed by atoms with Crippen molar-refractivity contribution in [2.75, 3.05) is 32.8 Å². The van der Waals surface area contributed by atoms with Gasteiger partial charge in [0.15, 0.2) is 0 Å². The van der Waals surface area contributed by atoms with Crippen LogP contribution in [0.4, 0.5) is 0 Å². The standard InChI is InChI=1S/C11H18N2O4/c1-11(6-12-7-11)17-5-9(14)13-3-2-8(4-13)10(15)16/h8,12H,2-7H2,1H3,(H,15,16). The molecule has 2 rings (SSSR count). The van der Waals surface area contributed by atoms with E-state index in [1.165, 1.54) is 0 Å². The number of amides is 1. The zero-order chi connectivity index (χ0) is 12.5. The molecule has 96 valence electrons. The fourth-order valence-electron chi connectivity index (χ4n) is 2.09. The summed E-state index contributed by atoms with van der Waals surface area (Å²) in [5.74, 6) is -1.35. The van der Waals surface area contributed by atoms with Gasteiger partial charge in [0.25, 0.3) is 0 Å². The normalized spacial score (nSPS) is 26.6. The van der Waals surface area contributed by atoms with Gasteiger partial charge < -0.3 is 20.1 Å². The molecule has 2 fully saturated rings. The molecule has 1 atom stereocenters. The summed E-state index contributed by atoms with van der Waals surface area (Å²) in [4.78, 5) is 24.1. The maximum Gasteiger partial charge on any atom is 0.308 e. The highest BCUT2D eigenvalue weighted by Crippen LogP contribution is 2.18. The third-order valence-electron chi connectivity index (χ3n) is 3.43. The molecule has 2 saturated heterocycles. The van der Waals surface area contributed by atoms with Gasteiger partial charge in [0.2, 0.25) is 5.91 Å². The Morgan fingerprint density at radius 2 is 2.24 bits per heavy atom. The number of hydrogen-bond acceptors (Lipinski definition) is 4. The Balaban J connectivity index is 1.75. The molecule has 0 spiro atoms. The number of rotatable bonds is 4. The summed E-state index contributed by atoms with van der Waals surface area (Å²) in [5.41, 5.74) is -0.235. The summed E-state index contributed by atoms with van der Waals surface area (Å²) in [5, 5.41) is 11.9. The topological polar surface area (TPSA) is 78.9 Å². The second-order valence-electron chi connectivity index (χ2n) is 5.01. The number of carbonyl (C=O) groups excluding carboxylic acids is 1. The van der Waals surface area contributed by atoms with Gasteiger partial charge in [-0.15, -0.1) is 0 Å². The third kappa shape index (κ3) is 2.76. The summed E-state index contributed by atoms with van der Waals surface area (Å²) in [7, 11) is 0. The molecule has 2 heterocycles. The number of ether oxygens (including phenoxy) is 1. The fraction of sp³-hybridized carbons (Fsp3) is 0.818. The molecule has 2 aliphatic rings. The third-order valence-corrected chi connectivity index (χ3v) is 3.43. The van der Waals surface area contributed by atoms with E-state index in [2.05, 4.69) is 5.32 Å². The van der Waals surface area contributed by atoms with Crippen molar-refractivity contribution < 1.29 is 19.4 Å². The molecule has 6 heteroatoms. The van der Waals surface area contributed by atoms with E-state index >= 15 is 0 Å². The van der Waals surface area contributed by atoms with E-state index in [-0.39, 0.29) is 18.1 Å². The molecule has 2 N–H and O–H groups in total. The van der Waals surface area contributed by atoms with Crippen LogP contribution in [0.25, 0.3) is 0 Å². The number of carboxylic acid groups (broad SMARTS) is 1. The lowest BCUT2D eigenvalue weighted by Crippen LogP contribution is -2.59. The molecule has 0 aliphatic carbocycles. The van der Waals surface area contributed by atoms with Crippen LogP contribution in [0.2, 0.25) is 0 Å². The largest absolute Gasteiger partial charge is 0.481 e. The second kappa shape index (κ2) is 4.62. The number of nitrogens with zero attached hydrogens (tertiary/aromatic N) is 1. The van der Waals surface area contributed by atoms with E-state index in [4.69, 9.17) is 9.84 Å². The summed E-state index contributed by atoms with van der Waals surface area (Å²) >= 11 is 0. The molecule has 6 nitrogen and oxygen atoms in total. The number of carbonyl (C=O) groups is 2. The Morgan fingerprint density at radius 3 is 2.71 bits per heavy atom. The number of likely N-dealkylation sites (tertiary alicyclic amines) is 1. The molecule has 0 aromatic rings. The Labute approximate surface area is 99.9 Å². The minimum atomic E-state index is -0.823. The number of carboxylic acids is 1. The predicted molar refractivity (Wildman–Crippen MR) is 59.5 cm³/mol. The van der Waals surface area contributed by atoms with Gasteiger partial charge in [-0.2, -0.15) is 0 Å². The fourth-order valence-corrected chi connectivity index (χ4v) is 2.09. The molecule has 1 unspecified atom stereocenters. The molecule has 0 aromatic carbocycles. The van der Waals surface area contributed by atoms with E-state index in [0.717, 1.165) is 13.1 Å². The molecule has 0 radical (unpaired) electrons. The maximum absolute atomic E-state index is 11.8. The molecule has 17 heavy (non-hydrogen) atoms. The number of nitrogens with one attached hydrogen (secondary N) is 1. The Kier molecular flexibility index (Phi) is 3.35. The summed E-state index contributed by atoms with van der Waals surface area (Å²) < 4.78 is 5.53. The van der Waals surface area contributed by atoms with E-state index < -0.39 is 11.9 Å². The highest BCUT2D eigenvalue weighted by molar-refractivity contribution is 5.79. The molecule has 1 amide bonds. The first-order chi connectivity index (χ1) is 8.00. The zero-order valence-corrected chi connectivity index (χ0v) is 9.94. The first-order valence-corrected chi connectivity index (χ1v) is 5.85. The summed E-state index contributed by atoms with van der Waals surface area (Å²) in [6.07, 6.45) is 0.542. The number of hydrogen-bond donors (Lipinski definition) is 2. The van der Waals surface area contributed by atoms with Crippen LogP contribution in [0.5, 0.6) is 0 Å². The Bertz CT molecular complexity index is 327. The van der Waals surface area contributed by atoms with Crippen LogP contribution in [0, 0.1) is 5.92 Å². The van der Waals surface area contributed by atoms with Crippen LogP contribution >= 0.6 is 0 Å². The van der Waals surface area contributed by atoms with Crippen LogP contribution in [0.1, 0.15) is 13.3 Å². The molecule has 2 aliphatic heterocycles. The van der Waals surface area contributed by atoms with Gasteiger partial charge in [-0.25, -0.2) is 0 Å². The summed E-state index contributed by atoms with van der Waals surface area (Å²) in [6, 6.07) is 0. The minimum absolute atomic E-state index is 0.0461. The van der Waals surface area contributed by atoms with Gasteiger partial charge in [0.05, 0.1) is 11.5 Å². The van der Waals surface area contributed by atoms with Gasteiger partial charge in [0.1, 0.15) is 6.61 Å². The summed E-state index contributed by atoms with van der Waals surface area (Å²) in [6.45, 7) is 4.36. The minimum Gasteiger partial charge on any atom is -0.481 e. The zero-order valence-electron chi connectivity index (χ0n) is 9.94. The van der Waals surface area contributed by atoms with Crippen LogP contribution in [-0.4, -0.2) is 60.3 Å². The van der Waals surface area contributed by atoms with E-state index in [9.17, 15) is 9.59 Å². The van der Waals surface area contributed by atoms with Gasteiger partial charge >= 0.3 is 5.97 Å². The predicted octanol–water partition coefficient (Wildman–Crippen LogP) is -0.702. The highest BCUT2D eigenvalue weighted by atomic mass is 16.5. The van der Waals surface area contributed by atoms with Crippen molar-refractivity contribution in [3.8, 4) is 0 Å². The lowest BCUT2D eigenvalue weighted by atomic mass is 10.0. The van der Waals surface area contributed by atoms with Crippen molar-refractivity contribution in [1.29, 1.82) is 0 Å². The van der Waals surface area contributed by atoms with Crippen molar-refractivity contribution in [3.63, 3.8) is 0 Å². The van der Waals surface area contributed by atoms with E-state index in [1.807, 2.05) is 6.92 Å². The van der Waals surface area contributed by atoms with Crippen molar-refractivity contribution in [2.24, 2.45) is 5.92 Å². The highest BCUT2D eigenvalue weighted by Gasteiger charge is 2.35. The quantitative estimate of drug-likeness (QED) is 0.681. The van der Waals surface area contributed by atoms with Gasteiger partial charge in [-0.05, 0) is 13.3 Å². The Morgan fingerprint density at radius 1 is 1.53 bits per heavy atom. The van der Waals surface area contributed by atoms with Crippen molar-refractivity contribution in [1.82, 2.24) is 10.2 Å². The molecule has 0 aromatic heterocycles. The van der Waals surface area contributed by atoms with Crippen LogP contribution in [0.3, 0.4) is 0 Å². The number of aliphatic carboxylic acids is 1. The lowest BCUT2D eigenvalue weighted by molar-refractivity contribution is -0.146. The first-order valence-electron chi connectivity index (χ1n) is 5.85. The van der Waals surface area contributed by atoms with Crippen LogP contribution in [0.15, 0.2) is 0 Å². The van der Waals surface area contributed by atoms with Gasteiger partial charge in [-0.1, -0.05) is 0 Å². The monoisotopic (exact) mass is 242 g/mol. The molecular formula is C11H18N2O4.